The van der Waals surface area contributed by atoms with Crippen LogP contribution in [0.3, 0.4) is 0 Å². The van der Waals surface area contributed by atoms with Crippen molar-refractivity contribution < 1.29 is 0 Å². The average Bonchev–Trinajstić information content (AvgIpc) is 3.12. The quantitative estimate of drug-likeness (QED) is 0.545. The van der Waals surface area contributed by atoms with Crippen LogP contribution < -0.4 is 5.73 Å². The Morgan fingerprint density at radius 1 is 1.13 bits per heavy atom. The van der Waals surface area contributed by atoms with E-state index in [1.165, 1.54) is 49.9 Å². The van der Waals surface area contributed by atoms with E-state index in [-0.39, 0.29) is 16.9 Å². The van der Waals surface area contributed by atoms with Crippen molar-refractivity contribution in [2.45, 2.75) is 90.5 Å². The topological polar surface area (TPSA) is 29.3 Å². The van der Waals surface area contributed by atoms with E-state index in [0.29, 0.717) is 10.8 Å². The lowest BCUT2D eigenvalue weighted by molar-refractivity contribution is 0.0389. The molecule has 1 heterocycles. The van der Waals surface area contributed by atoms with Crippen LogP contribution in [0.2, 0.25) is 0 Å². The summed E-state index contributed by atoms with van der Waals surface area (Å²) in [6.45, 7) is 11.6. The molecule has 1 aromatic carbocycles. The summed E-state index contributed by atoms with van der Waals surface area (Å²) >= 11 is 6.50. The number of hydrogen-bond donors (Lipinski definition) is 1. The van der Waals surface area contributed by atoms with Crippen molar-refractivity contribution >= 4 is 17.2 Å². The summed E-state index contributed by atoms with van der Waals surface area (Å²) in [5.74, 6) is 1.57. The highest BCUT2D eigenvalue weighted by Crippen LogP contribution is 2.78. The molecule has 0 amide bonds. The molecule has 0 radical (unpaired) electrons. The third kappa shape index (κ3) is 2.94. The molecule has 1 aromatic rings. The van der Waals surface area contributed by atoms with Crippen molar-refractivity contribution in [2.75, 3.05) is 13.1 Å². The van der Waals surface area contributed by atoms with Gasteiger partial charge < -0.3 is 10.6 Å². The van der Waals surface area contributed by atoms with Crippen molar-refractivity contribution in [3.05, 3.63) is 35.9 Å². The fraction of sp³-hybridized carbons (Fsp3) is 0.750. The lowest BCUT2D eigenvalue weighted by atomic mass is 9.55. The van der Waals surface area contributed by atoms with E-state index in [1.807, 2.05) is 0 Å². The third-order valence-electron chi connectivity index (χ3n) is 10.5. The van der Waals surface area contributed by atoms with E-state index in [9.17, 15) is 0 Å². The van der Waals surface area contributed by atoms with Gasteiger partial charge in [-0.15, -0.1) is 0 Å². The van der Waals surface area contributed by atoms with E-state index in [0.717, 1.165) is 31.3 Å². The molecular weight excluding hydrogens is 396 g/mol. The van der Waals surface area contributed by atoms with Gasteiger partial charge in [-0.25, -0.2) is 0 Å². The first-order valence-electron chi connectivity index (χ1n) is 12.8. The van der Waals surface area contributed by atoms with Crippen LogP contribution in [-0.4, -0.2) is 29.0 Å². The molecule has 5 fully saturated rings. The van der Waals surface area contributed by atoms with Crippen LogP contribution >= 0.6 is 12.2 Å². The Labute approximate surface area is 195 Å². The maximum absolute atomic E-state index is 6.50. The maximum atomic E-state index is 6.50. The molecule has 5 unspecified atom stereocenters. The molecule has 0 aromatic heterocycles. The zero-order valence-electron chi connectivity index (χ0n) is 20.1. The van der Waals surface area contributed by atoms with Gasteiger partial charge >= 0.3 is 0 Å². The highest BCUT2D eigenvalue weighted by atomic mass is 32.1. The normalized spacial score (nSPS) is 42.9. The smallest absolute Gasteiger partial charge is 0.0845 e. The second-order valence-corrected chi connectivity index (χ2v) is 12.7. The summed E-state index contributed by atoms with van der Waals surface area (Å²) in [4.78, 5) is 3.92. The number of rotatable bonds is 5. The van der Waals surface area contributed by atoms with Gasteiger partial charge in [0.2, 0.25) is 0 Å². The Hall–Kier alpha value is -0.930. The average molecular weight is 439 g/mol. The number of hydrogen-bond acceptors (Lipinski definition) is 2. The second kappa shape index (κ2) is 7.29. The van der Waals surface area contributed by atoms with Crippen LogP contribution in [0.25, 0.3) is 0 Å². The second-order valence-electron chi connectivity index (χ2n) is 12.3. The van der Waals surface area contributed by atoms with Crippen molar-refractivity contribution in [2.24, 2.45) is 33.8 Å². The van der Waals surface area contributed by atoms with E-state index in [1.54, 1.807) is 5.56 Å². The minimum absolute atomic E-state index is 0.136. The van der Waals surface area contributed by atoms with Gasteiger partial charge in [0.15, 0.2) is 0 Å². The van der Waals surface area contributed by atoms with Gasteiger partial charge in [-0.05, 0) is 78.6 Å². The highest BCUT2D eigenvalue weighted by Gasteiger charge is 2.74. The molecular formula is C28H42N2S. The van der Waals surface area contributed by atoms with Gasteiger partial charge in [0.25, 0.3) is 0 Å². The largest absolute Gasteiger partial charge is 0.365 e. The number of benzene rings is 1. The highest BCUT2D eigenvalue weighted by molar-refractivity contribution is 7.80. The van der Waals surface area contributed by atoms with Crippen LogP contribution in [0.4, 0.5) is 0 Å². The number of likely N-dealkylation sites (tertiary alicyclic amines) is 1. The Morgan fingerprint density at radius 2 is 1.87 bits per heavy atom. The van der Waals surface area contributed by atoms with Gasteiger partial charge in [0, 0.05) is 24.5 Å². The molecule has 3 heteroatoms. The fourth-order valence-electron chi connectivity index (χ4n) is 9.04. The zero-order chi connectivity index (χ0) is 22.1. The summed E-state index contributed by atoms with van der Waals surface area (Å²) in [5, 5.41) is 0. The Kier molecular flexibility index (Phi) is 5.15. The molecule has 170 valence electrons. The first-order chi connectivity index (χ1) is 14.7. The number of thiocarbonyl (C=S) groups is 1. The summed E-state index contributed by atoms with van der Waals surface area (Å²) < 4.78 is 0. The van der Waals surface area contributed by atoms with Gasteiger partial charge in [-0.1, -0.05) is 76.7 Å². The van der Waals surface area contributed by atoms with Crippen LogP contribution in [0, 0.1) is 28.1 Å². The molecule has 4 bridgehead atoms. The summed E-state index contributed by atoms with van der Waals surface area (Å²) in [6, 6.07) is 11.8. The van der Waals surface area contributed by atoms with E-state index < -0.39 is 0 Å². The lowest BCUT2D eigenvalue weighted by Crippen LogP contribution is -2.57. The van der Waals surface area contributed by atoms with Crippen molar-refractivity contribution in [3.8, 4) is 0 Å². The Balaban J connectivity index is 1.55. The molecule has 6 rings (SSSR count). The van der Waals surface area contributed by atoms with E-state index in [2.05, 4.69) is 62.9 Å². The van der Waals surface area contributed by atoms with Crippen molar-refractivity contribution in [1.29, 1.82) is 0 Å². The molecule has 2 N–H and O–H groups in total. The monoisotopic (exact) mass is 438 g/mol. The molecule has 4 saturated carbocycles. The van der Waals surface area contributed by atoms with Gasteiger partial charge in [0.05, 0.1) is 4.99 Å². The minimum Gasteiger partial charge on any atom is -0.365 e. The van der Waals surface area contributed by atoms with Crippen molar-refractivity contribution in [3.63, 3.8) is 0 Å². The van der Waals surface area contributed by atoms with Crippen molar-refractivity contribution in [1.82, 2.24) is 4.90 Å². The van der Waals surface area contributed by atoms with Crippen LogP contribution in [-0.2, 0) is 5.41 Å². The zero-order valence-corrected chi connectivity index (χ0v) is 20.9. The fourth-order valence-corrected chi connectivity index (χ4v) is 9.50. The van der Waals surface area contributed by atoms with Gasteiger partial charge in [-0.2, -0.15) is 0 Å². The molecule has 0 spiro atoms. The molecule has 6 atom stereocenters. The first-order valence-corrected chi connectivity index (χ1v) is 13.2. The number of nitrogens with zero attached hydrogens (tertiary/aromatic N) is 1. The Morgan fingerprint density at radius 3 is 2.52 bits per heavy atom. The first kappa shape index (κ1) is 21.9. The van der Waals surface area contributed by atoms with Gasteiger partial charge in [0.1, 0.15) is 0 Å². The van der Waals surface area contributed by atoms with Gasteiger partial charge in [-0.3, -0.25) is 0 Å². The van der Waals surface area contributed by atoms with E-state index in [4.69, 9.17) is 18.0 Å². The van der Waals surface area contributed by atoms with Crippen LogP contribution in [0.1, 0.15) is 84.6 Å². The Bertz CT molecular complexity index is 850. The minimum atomic E-state index is 0.136. The van der Waals surface area contributed by atoms with Crippen LogP contribution in [0.15, 0.2) is 30.3 Å². The number of piperidine rings is 1. The molecule has 4 aliphatic carbocycles. The number of nitrogens with two attached hydrogens (primary N) is 1. The van der Waals surface area contributed by atoms with Crippen LogP contribution in [0.5, 0.6) is 0 Å². The molecule has 2 nitrogen and oxygen atoms in total. The predicted octanol–water partition coefficient (Wildman–Crippen LogP) is 6.33. The lowest BCUT2D eigenvalue weighted by Gasteiger charge is -2.49. The summed E-state index contributed by atoms with van der Waals surface area (Å²) in [5.41, 5.74) is 9.26. The molecule has 5 aliphatic rings. The third-order valence-corrected chi connectivity index (χ3v) is 11.1. The summed E-state index contributed by atoms with van der Waals surface area (Å²) in [7, 11) is 0. The standard InChI is InChI=1S/C28H42N2S/c1-5-13-27(6-2)21-15-26(20-10-8-7-9-11-20)17-22(27)28(16-21,18-26)24(31)30-14-12-23(29)25(3,4)19-30/h7-11,21-23H,5-6,12-19,29H2,1-4H3/t21?,22?,23-,26?,27?,28?/m0/s1. The van der Waals surface area contributed by atoms with E-state index >= 15 is 0 Å². The molecule has 31 heavy (non-hydrogen) atoms. The SMILES string of the molecule is CCCC1(CC)C2CC3(c4ccccc4)CC1C(C(=S)N1CC[C@H](N)C(C)(C)C1)(C2)C3. The summed E-state index contributed by atoms with van der Waals surface area (Å²) in [6.07, 6.45) is 10.4. The predicted molar refractivity (Wildman–Crippen MR) is 134 cm³/mol. The molecule has 1 saturated heterocycles. The maximum Gasteiger partial charge on any atom is 0.0845 e. The molecule has 1 aliphatic heterocycles.